The van der Waals surface area contributed by atoms with Crippen LogP contribution in [0.25, 0.3) is 0 Å². The maximum atomic E-state index is 12.9. The molecule has 0 aliphatic carbocycles. The van der Waals surface area contributed by atoms with Crippen LogP contribution in [0.2, 0.25) is 0 Å². The second-order valence-corrected chi connectivity index (χ2v) is 7.47. The van der Waals surface area contributed by atoms with Crippen LogP contribution >= 0.6 is 12.6 Å². The predicted octanol–water partition coefficient (Wildman–Crippen LogP) is -3.06. The van der Waals surface area contributed by atoms with Crippen LogP contribution < -0.4 is 22.1 Å². The van der Waals surface area contributed by atoms with Gasteiger partial charge < -0.3 is 37.2 Å². The van der Waals surface area contributed by atoms with Crippen LogP contribution in [-0.4, -0.2) is 87.3 Å². The number of carboxylic acid groups (broad SMARTS) is 1. The SMILES string of the molecule is CC(O)C(N)C(=O)NC(CS)C(=O)NC(CCC(N)=O)C(=O)N1CCCC1C(=O)O. The number of hydrogen-bond acceptors (Lipinski definition) is 8. The van der Waals surface area contributed by atoms with Gasteiger partial charge in [0.15, 0.2) is 0 Å². The fraction of sp³-hybridized carbons (Fsp3) is 0.706. The number of carbonyl (C=O) groups excluding carboxylic acids is 4. The smallest absolute Gasteiger partial charge is 0.326 e. The van der Waals surface area contributed by atoms with Gasteiger partial charge in [-0.2, -0.15) is 12.6 Å². The Bertz CT molecular complexity index is 675. The molecule has 30 heavy (non-hydrogen) atoms. The van der Waals surface area contributed by atoms with E-state index in [1.54, 1.807) is 0 Å². The van der Waals surface area contributed by atoms with Gasteiger partial charge in [-0.1, -0.05) is 0 Å². The number of nitrogens with one attached hydrogen (secondary N) is 2. The Balaban J connectivity index is 2.92. The third-order valence-electron chi connectivity index (χ3n) is 4.75. The molecule has 0 saturated carbocycles. The number of likely N-dealkylation sites (tertiary alicyclic amines) is 1. The molecule has 0 spiro atoms. The summed E-state index contributed by atoms with van der Waals surface area (Å²) < 4.78 is 0. The molecular formula is C17H29N5O7S. The summed E-state index contributed by atoms with van der Waals surface area (Å²) in [7, 11) is 0. The first kappa shape index (κ1) is 25.7. The van der Waals surface area contributed by atoms with Crippen LogP contribution in [0.15, 0.2) is 0 Å². The molecule has 170 valence electrons. The lowest BCUT2D eigenvalue weighted by Gasteiger charge is -2.28. The highest BCUT2D eigenvalue weighted by Gasteiger charge is 2.38. The Kier molecular flexibility index (Phi) is 10.0. The summed E-state index contributed by atoms with van der Waals surface area (Å²) in [6.07, 6.45) is -0.729. The minimum Gasteiger partial charge on any atom is -0.480 e. The number of nitrogens with zero attached hydrogens (tertiary/aromatic N) is 1. The average molecular weight is 448 g/mol. The number of aliphatic hydroxyl groups is 1. The quantitative estimate of drug-likeness (QED) is 0.161. The van der Waals surface area contributed by atoms with E-state index in [1.807, 2.05) is 0 Å². The van der Waals surface area contributed by atoms with Crippen molar-refractivity contribution in [2.45, 2.75) is 62.9 Å². The van der Waals surface area contributed by atoms with Crippen molar-refractivity contribution in [2.24, 2.45) is 11.5 Å². The van der Waals surface area contributed by atoms with E-state index in [0.717, 1.165) is 4.90 Å². The largest absolute Gasteiger partial charge is 0.480 e. The molecule has 1 fully saturated rings. The number of nitrogens with two attached hydrogens (primary N) is 2. The Morgan fingerprint density at radius 1 is 1.17 bits per heavy atom. The van der Waals surface area contributed by atoms with Gasteiger partial charge in [0.05, 0.1) is 6.10 Å². The zero-order valence-corrected chi connectivity index (χ0v) is 17.5. The minimum atomic E-state index is -1.27. The number of carbonyl (C=O) groups is 5. The second kappa shape index (κ2) is 11.7. The molecule has 1 rings (SSSR count). The number of hydrogen-bond donors (Lipinski definition) is 7. The van der Waals surface area contributed by atoms with Crippen LogP contribution in [0.3, 0.4) is 0 Å². The maximum Gasteiger partial charge on any atom is 0.326 e. The van der Waals surface area contributed by atoms with E-state index in [2.05, 4.69) is 23.3 Å². The Labute approximate surface area is 179 Å². The topological polar surface area (TPSA) is 205 Å². The van der Waals surface area contributed by atoms with Crippen LogP contribution in [-0.2, 0) is 24.0 Å². The summed E-state index contributed by atoms with van der Waals surface area (Å²) in [6, 6.07) is -4.68. The van der Waals surface area contributed by atoms with Crippen LogP contribution in [0.5, 0.6) is 0 Å². The summed E-state index contributed by atoms with van der Waals surface area (Å²) >= 11 is 4.01. The van der Waals surface area contributed by atoms with Crippen LogP contribution in [0.4, 0.5) is 0 Å². The van der Waals surface area contributed by atoms with Crippen molar-refractivity contribution >= 4 is 42.2 Å². The molecule has 4 amide bonds. The van der Waals surface area contributed by atoms with Gasteiger partial charge >= 0.3 is 5.97 Å². The zero-order chi connectivity index (χ0) is 23.0. The zero-order valence-electron chi connectivity index (χ0n) is 16.6. The number of amides is 4. The molecule has 0 radical (unpaired) electrons. The molecule has 1 aliphatic rings. The normalized spacial score (nSPS) is 20.0. The van der Waals surface area contributed by atoms with Gasteiger partial charge in [0.2, 0.25) is 23.6 Å². The van der Waals surface area contributed by atoms with Gasteiger partial charge in [-0.05, 0) is 26.2 Å². The molecule has 1 aliphatic heterocycles. The molecule has 5 atom stereocenters. The summed E-state index contributed by atoms with van der Waals surface area (Å²) in [5.41, 5.74) is 10.7. The van der Waals surface area contributed by atoms with Crippen molar-refractivity contribution in [1.29, 1.82) is 0 Å². The number of aliphatic carboxylic acids is 1. The average Bonchev–Trinajstić information content (AvgIpc) is 3.17. The molecule has 12 nitrogen and oxygen atoms in total. The second-order valence-electron chi connectivity index (χ2n) is 7.10. The Hall–Kier alpha value is -2.38. The van der Waals surface area contributed by atoms with Crippen molar-refractivity contribution in [1.82, 2.24) is 15.5 Å². The highest BCUT2D eigenvalue weighted by molar-refractivity contribution is 7.80. The van der Waals surface area contributed by atoms with Crippen LogP contribution in [0, 0.1) is 0 Å². The van der Waals surface area contributed by atoms with Crippen molar-refractivity contribution in [2.75, 3.05) is 12.3 Å². The van der Waals surface area contributed by atoms with Gasteiger partial charge in [0.25, 0.3) is 0 Å². The monoisotopic (exact) mass is 447 g/mol. The van der Waals surface area contributed by atoms with E-state index in [-0.39, 0.29) is 31.6 Å². The number of carboxylic acids is 1. The number of thiol groups is 1. The first-order valence-corrected chi connectivity index (χ1v) is 10.1. The highest BCUT2D eigenvalue weighted by Crippen LogP contribution is 2.19. The predicted molar refractivity (Wildman–Crippen MR) is 108 cm³/mol. The van der Waals surface area contributed by atoms with E-state index in [4.69, 9.17) is 11.5 Å². The van der Waals surface area contributed by atoms with E-state index in [9.17, 15) is 34.2 Å². The van der Waals surface area contributed by atoms with Gasteiger partial charge in [-0.3, -0.25) is 19.2 Å². The van der Waals surface area contributed by atoms with Crippen molar-refractivity contribution in [3.8, 4) is 0 Å². The molecular weight excluding hydrogens is 418 g/mol. The first-order chi connectivity index (χ1) is 14.0. The van der Waals surface area contributed by atoms with Gasteiger partial charge in [0.1, 0.15) is 24.2 Å². The molecule has 8 N–H and O–H groups in total. The van der Waals surface area contributed by atoms with Gasteiger partial charge in [-0.25, -0.2) is 4.79 Å². The fourth-order valence-electron chi connectivity index (χ4n) is 2.98. The van der Waals surface area contributed by atoms with Crippen LogP contribution in [0.1, 0.15) is 32.6 Å². The maximum absolute atomic E-state index is 12.9. The molecule has 1 heterocycles. The van der Waals surface area contributed by atoms with Crippen molar-refractivity contribution in [3.05, 3.63) is 0 Å². The molecule has 0 aromatic carbocycles. The lowest BCUT2D eigenvalue weighted by Crippen LogP contribution is -2.58. The standard InChI is InChI=1S/C17H29N5O7S/c1-8(23)13(19)15(26)21-10(7-30)14(25)20-9(4-5-12(18)24)16(27)22-6-2-3-11(22)17(28)29/h8-11,13,23,30H,2-7,19H2,1H3,(H2,18,24)(H,20,25)(H,21,26)(H,28,29). The molecule has 1 saturated heterocycles. The van der Waals surface area contributed by atoms with E-state index in [0.29, 0.717) is 6.42 Å². The molecule has 0 aromatic heterocycles. The number of rotatable bonds is 11. The van der Waals surface area contributed by atoms with E-state index < -0.39 is 59.9 Å². The van der Waals surface area contributed by atoms with Crippen molar-refractivity contribution < 1.29 is 34.2 Å². The molecule has 0 aromatic rings. The number of primary amides is 1. The highest BCUT2D eigenvalue weighted by atomic mass is 32.1. The summed E-state index contributed by atoms with van der Waals surface area (Å²) in [5.74, 6) is -4.20. The number of aliphatic hydroxyl groups excluding tert-OH is 1. The van der Waals surface area contributed by atoms with E-state index >= 15 is 0 Å². The minimum absolute atomic E-state index is 0.136. The third kappa shape index (κ3) is 7.15. The van der Waals surface area contributed by atoms with Gasteiger partial charge in [-0.15, -0.1) is 0 Å². The van der Waals surface area contributed by atoms with E-state index in [1.165, 1.54) is 6.92 Å². The van der Waals surface area contributed by atoms with Crippen molar-refractivity contribution in [3.63, 3.8) is 0 Å². The summed E-state index contributed by atoms with van der Waals surface area (Å²) in [4.78, 5) is 61.2. The third-order valence-corrected chi connectivity index (χ3v) is 5.12. The van der Waals surface area contributed by atoms with Gasteiger partial charge in [0, 0.05) is 18.7 Å². The Morgan fingerprint density at radius 3 is 2.27 bits per heavy atom. The molecule has 13 heteroatoms. The first-order valence-electron chi connectivity index (χ1n) is 9.46. The summed E-state index contributed by atoms with van der Waals surface area (Å²) in [6.45, 7) is 1.52. The summed E-state index contributed by atoms with van der Waals surface area (Å²) in [5, 5.41) is 23.5. The Morgan fingerprint density at radius 2 is 1.77 bits per heavy atom. The molecule has 0 bridgehead atoms. The fourth-order valence-corrected chi connectivity index (χ4v) is 3.24. The lowest BCUT2D eigenvalue weighted by atomic mass is 10.1. The lowest BCUT2D eigenvalue weighted by molar-refractivity contribution is -0.149. The molecule has 5 unspecified atom stereocenters.